The van der Waals surface area contributed by atoms with Gasteiger partial charge in [0.05, 0.1) is 0 Å². The van der Waals surface area contributed by atoms with Gasteiger partial charge < -0.3 is 14.9 Å². The van der Waals surface area contributed by atoms with Crippen LogP contribution in [0.4, 0.5) is 5.69 Å². The van der Waals surface area contributed by atoms with E-state index in [4.69, 9.17) is 9.63 Å². The molecule has 0 saturated carbocycles. The van der Waals surface area contributed by atoms with Crippen molar-refractivity contribution in [3.05, 3.63) is 47.9 Å². The first-order chi connectivity index (χ1) is 10.1. The fourth-order valence-corrected chi connectivity index (χ4v) is 1.86. The Labute approximate surface area is 121 Å². The topological polar surface area (TPSA) is 92.4 Å². The highest BCUT2D eigenvalue weighted by atomic mass is 16.5. The van der Waals surface area contributed by atoms with Crippen molar-refractivity contribution >= 4 is 17.6 Å². The van der Waals surface area contributed by atoms with Gasteiger partial charge in [-0.15, -0.1) is 0 Å². The summed E-state index contributed by atoms with van der Waals surface area (Å²) in [6, 6.07) is 10.7. The Morgan fingerprint density at radius 2 is 1.95 bits per heavy atom. The molecule has 2 N–H and O–H groups in total. The summed E-state index contributed by atoms with van der Waals surface area (Å²) >= 11 is 0. The van der Waals surface area contributed by atoms with Crippen molar-refractivity contribution in [2.45, 2.75) is 25.7 Å². The molecule has 1 aromatic heterocycles. The Bertz CT molecular complexity index is 607. The number of para-hydroxylation sites is 1. The molecule has 1 aromatic carbocycles. The van der Waals surface area contributed by atoms with E-state index in [1.165, 1.54) is 6.07 Å². The van der Waals surface area contributed by atoms with E-state index in [9.17, 15) is 9.59 Å². The lowest BCUT2D eigenvalue weighted by molar-refractivity contribution is -0.116. The number of nitrogens with one attached hydrogen (secondary N) is 1. The SMILES string of the molecule is O=C(CCCCc1cc(C(=O)O)no1)Nc1ccccc1. The smallest absolute Gasteiger partial charge is 0.358 e. The Kier molecular flexibility index (Phi) is 5.09. The molecule has 0 atom stereocenters. The number of benzene rings is 1. The molecule has 0 spiro atoms. The molecule has 0 aliphatic rings. The number of anilines is 1. The van der Waals surface area contributed by atoms with Gasteiger partial charge in [-0.1, -0.05) is 23.4 Å². The minimum Gasteiger partial charge on any atom is -0.476 e. The average molecular weight is 288 g/mol. The van der Waals surface area contributed by atoms with Crippen LogP contribution in [0.1, 0.15) is 35.5 Å². The van der Waals surface area contributed by atoms with Crippen molar-refractivity contribution in [3.8, 4) is 0 Å². The number of unbranched alkanes of at least 4 members (excludes halogenated alkanes) is 1. The van der Waals surface area contributed by atoms with Gasteiger partial charge in [-0.25, -0.2) is 4.79 Å². The van der Waals surface area contributed by atoms with Crippen LogP contribution in [-0.2, 0) is 11.2 Å². The second kappa shape index (κ2) is 7.23. The van der Waals surface area contributed by atoms with Crippen LogP contribution in [0.3, 0.4) is 0 Å². The summed E-state index contributed by atoms with van der Waals surface area (Å²) in [6.07, 6.45) is 2.41. The zero-order valence-electron chi connectivity index (χ0n) is 11.4. The van der Waals surface area contributed by atoms with Crippen LogP contribution in [-0.4, -0.2) is 22.1 Å². The normalized spacial score (nSPS) is 10.3. The third kappa shape index (κ3) is 4.76. The van der Waals surface area contributed by atoms with Crippen LogP contribution in [0.15, 0.2) is 40.9 Å². The minimum atomic E-state index is -1.10. The number of carboxylic acid groups (broad SMARTS) is 1. The Hall–Kier alpha value is -2.63. The van der Waals surface area contributed by atoms with Crippen molar-refractivity contribution in [2.75, 3.05) is 5.32 Å². The van der Waals surface area contributed by atoms with Crippen LogP contribution >= 0.6 is 0 Å². The third-order valence-corrected chi connectivity index (χ3v) is 2.91. The van der Waals surface area contributed by atoms with Crippen molar-refractivity contribution in [1.29, 1.82) is 0 Å². The molecule has 0 fully saturated rings. The number of hydrogen-bond acceptors (Lipinski definition) is 4. The fraction of sp³-hybridized carbons (Fsp3) is 0.267. The maximum Gasteiger partial charge on any atom is 0.358 e. The Morgan fingerprint density at radius 3 is 2.62 bits per heavy atom. The molecule has 0 saturated heterocycles. The fourth-order valence-electron chi connectivity index (χ4n) is 1.86. The molecule has 0 unspecified atom stereocenters. The first-order valence-corrected chi connectivity index (χ1v) is 6.69. The van der Waals surface area contributed by atoms with Crippen LogP contribution in [0.2, 0.25) is 0 Å². The van der Waals surface area contributed by atoms with Gasteiger partial charge in [-0.2, -0.15) is 0 Å². The van der Waals surface area contributed by atoms with E-state index in [0.29, 0.717) is 25.0 Å². The Morgan fingerprint density at radius 1 is 1.19 bits per heavy atom. The quantitative estimate of drug-likeness (QED) is 0.764. The van der Waals surface area contributed by atoms with E-state index in [1.54, 1.807) is 0 Å². The highest BCUT2D eigenvalue weighted by Gasteiger charge is 2.10. The number of carboxylic acids is 1. The highest BCUT2D eigenvalue weighted by molar-refractivity contribution is 5.90. The first-order valence-electron chi connectivity index (χ1n) is 6.69. The first kappa shape index (κ1) is 14.8. The van der Waals surface area contributed by atoms with Gasteiger partial charge in [-0.05, 0) is 25.0 Å². The maximum atomic E-state index is 11.7. The van der Waals surface area contributed by atoms with Gasteiger partial charge in [-0.3, -0.25) is 4.79 Å². The molecule has 21 heavy (non-hydrogen) atoms. The van der Waals surface area contributed by atoms with Gasteiger partial charge in [0.25, 0.3) is 0 Å². The van der Waals surface area contributed by atoms with Gasteiger partial charge in [0.15, 0.2) is 5.69 Å². The van der Waals surface area contributed by atoms with Crippen LogP contribution < -0.4 is 5.32 Å². The summed E-state index contributed by atoms with van der Waals surface area (Å²) in [4.78, 5) is 22.3. The second-order valence-corrected chi connectivity index (χ2v) is 4.60. The predicted molar refractivity (Wildman–Crippen MR) is 76.1 cm³/mol. The molecule has 6 heteroatoms. The number of aryl methyl sites for hydroxylation is 1. The van der Waals surface area contributed by atoms with Crippen LogP contribution in [0, 0.1) is 0 Å². The zero-order chi connectivity index (χ0) is 15.1. The van der Waals surface area contributed by atoms with Crippen LogP contribution in [0.5, 0.6) is 0 Å². The highest BCUT2D eigenvalue weighted by Crippen LogP contribution is 2.10. The van der Waals surface area contributed by atoms with E-state index < -0.39 is 5.97 Å². The van der Waals surface area contributed by atoms with E-state index in [0.717, 1.165) is 12.1 Å². The molecule has 1 amide bonds. The second-order valence-electron chi connectivity index (χ2n) is 4.60. The molecule has 2 rings (SSSR count). The number of aromatic nitrogens is 1. The minimum absolute atomic E-state index is 0.0370. The Balaban J connectivity index is 1.67. The number of carbonyl (C=O) groups is 2. The molecular formula is C15H16N2O4. The number of nitrogens with zero attached hydrogens (tertiary/aromatic N) is 1. The number of rotatable bonds is 7. The number of carbonyl (C=O) groups excluding carboxylic acids is 1. The van der Waals surface area contributed by atoms with E-state index in [-0.39, 0.29) is 11.6 Å². The van der Waals surface area contributed by atoms with Crippen molar-refractivity contribution in [2.24, 2.45) is 0 Å². The lowest BCUT2D eigenvalue weighted by Gasteiger charge is -2.04. The average Bonchev–Trinajstić information content (AvgIpc) is 2.94. The van der Waals surface area contributed by atoms with E-state index in [2.05, 4.69) is 10.5 Å². The summed E-state index contributed by atoms with van der Waals surface area (Å²) < 4.78 is 4.90. The van der Waals surface area contributed by atoms with Crippen LogP contribution in [0.25, 0.3) is 0 Å². The van der Waals surface area contributed by atoms with Gasteiger partial charge in [0.1, 0.15) is 5.76 Å². The predicted octanol–water partition coefficient (Wildman–Crippen LogP) is 2.72. The van der Waals surface area contributed by atoms with Crippen molar-refractivity contribution < 1.29 is 19.2 Å². The molecule has 6 nitrogen and oxygen atoms in total. The molecule has 0 bridgehead atoms. The zero-order valence-corrected chi connectivity index (χ0v) is 11.4. The molecule has 0 aliphatic heterocycles. The maximum absolute atomic E-state index is 11.7. The summed E-state index contributed by atoms with van der Waals surface area (Å²) in [6.45, 7) is 0. The van der Waals surface area contributed by atoms with Crippen molar-refractivity contribution in [1.82, 2.24) is 5.16 Å². The summed E-state index contributed by atoms with van der Waals surface area (Å²) in [5, 5.41) is 14.9. The molecule has 0 radical (unpaired) electrons. The summed E-state index contributed by atoms with van der Waals surface area (Å²) in [5.41, 5.74) is 0.690. The molecule has 1 heterocycles. The van der Waals surface area contributed by atoms with Gasteiger partial charge in [0, 0.05) is 24.6 Å². The van der Waals surface area contributed by atoms with E-state index >= 15 is 0 Å². The van der Waals surface area contributed by atoms with E-state index in [1.807, 2.05) is 30.3 Å². The summed E-state index contributed by atoms with van der Waals surface area (Å²) in [5.74, 6) is -0.617. The number of aromatic carboxylic acids is 1. The van der Waals surface area contributed by atoms with Crippen molar-refractivity contribution in [3.63, 3.8) is 0 Å². The molecule has 110 valence electrons. The number of amides is 1. The lowest BCUT2D eigenvalue weighted by atomic mass is 10.1. The lowest BCUT2D eigenvalue weighted by Crippen LogP contribution is -2.10. The molecule has 2 aromatic rings. The third-order valence-electron chi connectivity index (χ3n) is 2.91. The largest absolute Gasteiger partial charge is 0.476 e. The van der Waals surface area contributed by atoms with Gasteiger partial charge in [0.2, 0.25) is 5.91 Å². The van der Waals surface area contributed by atoms with Gasteiger partial charge >= 0.3 is 5.97 Å². The molecule has 0 aliphatic carbocycles. The number of hydrogen-bond donors (Lipinski definition) is 2. The monoisotopic (exact) mass is 288 g/mol. The standard InChI is InChI=1S/C15H16N2O4/c18-14(16-11-6-2-1-3-7-11)9-5-4-8-12-10-13(15(19)20)17-21-12/h1-3,6-7,10H,4-5,8-9H2,(H,16,18)(H,19,20). The molecular weight excluding hydrogens is 272 g/mol. The summed E-state index contributed by atoms with van der Waals surface area (Å²) in [7, 11) is 0.